The third kappa shape index (κ3) is 6.75. The average molecular weight is 682 g/mol. The molecule has 1 aromatic heterocycles. The molecule has 5 rings (SSSR count). The van der Waals surface area contributed by atoms with Gasteiger partial charge in [-0.25, -0.2) is 0 Å². The van der Waals surface area contributed by atoms with Gasteiger partial charge in [-0.05, 0) is 36.8 Å². The van der Waals surface area contributed by atoms with Crippen molar-refractivity contribution in [2.45, 2.75) is 36.4 Å². The molecule has 16 heteroatoms. The van der Waals surface area contributed by atoms with E-state index in [2.05, 4.69) is 10.2 Å². The number of amides is 2. The molecule has 2 aliphatic rings. The smallest absolute Gasteiger partial charge is 0.452 e. The summed E-state index contributed by atoms with van der Waals surface area (Å²) in [5.41, 5.74) is 1.17. The average Bonchev–Trinajstić information content (AvgIpc) is 3.43. The number of alkyl halides is 3. The second-order valence-electron chi connectivity index (χ2n) is 10.5. The summed E-state index contributed by atoms with van der Waals surface area (Å²) in [5.74, 6) is -1.75. The molecule has 3 heterocycles. The van der Waals surface area contributed by atoms with Crippen LogP contribution in [0.3, 0.4) is 0 Å². The van der Waals surface area contributed by atoms with Crippen LogP contribution in [0.15, 0.2) is 36.4 Å². The standard InChI is InChI=1S/C30H31ClF3N5O6S/c1-4-45-25(42)10-11-37-12-13-38(16-24(37)41)23(40)15-22-28-35-36-29(30(32,33)34)39(28)20-9-8-17(31)14-19(20)27(46-22)18-6-5-7-21(43-2)26(18)44-3/h5-9,14,22,27H,4,10-13,15-16H2,1-3H3/t22-,27-/m1/s1. The molecule has 2 aliphatic heterocycles. The summed E-state index contributed by atoms with van der Waals surface area (Å²) < 4.78 is 60.0. The number of esters is 1. The summed E-state index contributed by atoms with van der Waals surface area (Å²) in [4.78, 5) is 41.2. The van der Waals surface area contributed by atoms with E-state index in [0.717, 1.165) is 4.57 Å². The Hall–Kier alpha value is -3.98. The third-order valence-corrected chi connectivity index (χ3v) is 9.40. The molecule has 0 N–H and O–H groups in total. The van der Waals surface area contributed by atoms with Crippen molar-refractivity contribution >= 4 is 41.1 Å². The van der Waals surface area contributed by atoms with Gasteiger partial charge < -0.3 is 24.0 Å². The largest absolute Gasteiger partial charge is 0.493 e. The number of piperazine rings is 1. The number of carbonyl (C=O) groups excluding carboxylic acids is 3. The highest BCUT2D eigenvalue weighted by Gasteiger charge is 2.44. The summed E-state index contributed by atoms with van der Waals surface area (Å²) in [6.07, 6.45) is -5.11. The van der Waals surface area contributed by atoms with Gasteiger partial charge in [0.15, 0.2) is 17.3 Å². The minimum absolute atomic E-state index is 0.0309. The van der Waals surface area contributed by atoms with Crippen LogP contribution in [0.1, 0.15) is 53.0 Å². The van der Waals surface area contributed by atoms with Crippen LogP contribution in [0.2, 0.25) is 5.02 Å². The Morgan fingerprint density at radius 1 is 1.09 bits per heavy atom. The van der Waals surface area contributed by atoms with Crippen LogP contribution in [0, 0.1) is 0 Å². The number of hydrogen-bond donors (Lipinski definition) is 0. The molecule has 2 amide bonds. The van der Waals surface area contributed by atoms with Gasteiger partial charge in [0.05, 0.1) is 50.0 Å². The Labute approximate surface area is 271 Å². The molecule has 0 aliphatic carbocycles. The van der Waals surface area contributed by atoms with E-state index in [-0.39, 0.29) is 63.0 Å². The number of methoxy groups -OCH3 is 2. The van der Waals surface area contributed by atoms with Gasteiger partial charge >= 0.3 is 12.1 Å². The molecule has 0 bridgehead atoms. The van der Waals surface area contributed by atoms with E-state index in [1.54, 1.807) is 31.2 Å². The summed E-state index contributed by atoms with van der Waals surface area (Å²) >= 11 is 7.60. The molecular formula is C30H31ClF3N5O6S. The van der Waals surface area contributed by atoms with Gasteiger partial charge in [0, 0.05) is 36.6 Å². The van der Waals surface area contributed by atoms with E-state index in [9.17, 15) is 27.6 Å². The number of thioether (sulfide) groups is 1. The van der Waals surface area contributed by atoms with Gasteiger partial charge in [0.25, 0.3) is 0 Å². The Balaban J connectivity index is 1.51. The predicted octanol–water partition coefficient (Wildman–Crippen LogP) is 4.85. The number of halogens is 4. The van der Waals surface area contributed by atoms with Gasteiger partial charge in [-0.2, -0.15) is 13.2 Å². The number of hydrogen-bond acceptors (Lipinski definition) is 9. The van der Waals surface area contributed by atoms with Gasteiger partial charge in [0.1, 0.15) is 0 Å². The van der Waals surface area contributed by atoms with Crippen molar-refractivity contribution in [1.82, 2.24) is 24.6 Å². The van der Waals surface area contributed by atoms with E-state index in [0.29, 0.717) is 27.6 Å². The molecule has 0 radical (unpaired) electrons. The molecular weight excluding hydrogens is 651 g/mol. The Morgan fingerprint density at radius 2 is 1.87 bits per heavy atom. The molecule has 246 valence electrons. The number of aromatic nitrogens is 3. The fourth-order valence-corrected chi connectivity index (χ4v) is 7.26. The van der Waals surface area contributed by atoms with Crippen molar-refractivity contribution in [3.05, 3.63) is 64.2 Å². The van der Waals surface area contributed by atoms with E-state index >= 15 is 0 Å². The first kappa shape index (κ1) is 33.4. The summed E-state index contributed by atoms with van der Waals surface area (Å²) in [5, 5.41) is 6.15. The van der Waals surface area contributed by atoms with Crippen LogP contribution in [-0.4, -0.2) is 89.4 Å². The maximum atomic E-state index is 14.3. The molecule has 0 saturated carbocycles. The Kier molecular flexibility index (Phi) is 10.0. The van der Waals surface area contributed by atoms with Gasteiger partial charge in [-0.3, -0.25) is 19.0 Å². The molecule has 46 heavy (non-hydrogen) atoms. The minimum atomic E-state index is -4.86. The zero-order valence-corrected chi connectivity index (χ0v) is 26.7. The van der Waals surface area contributed by atoms with E-state index in [1.165, 1.54) is 47.9 Å². The maximum Gasteiger partial charge on any atom is 0.452 e. The monoisotopic (exact) mass is 681 g/mol. The van der Waals surface area contributed by atoms with Crippen molar-refractivity contribution in [2.75, 3.05) is 47.0 Å². The van der Waals surface area contributed by atoms with Crippen molar-refractivity contribution in [3.63, 3.8) is 0 Å². The summed E-state index contributed by atoms with van der Waals surface area (Å²) in [7, 11) is 2.94. The maximum absolute atomic E-state index is 14.3. The zero-order chi connectivity index (χ0) is 33.2. The summed E-state index contributed by atoms with van der Waals surface area (Å²) in [6, 6.07) is 9.74. The molecule has 1 fully saturated rings. The fraction of sp³-hybridized carbons (Fsp3) is 0.433. The second-order valence-corrected chi connectivity index (χ2v) is 12.2. The normalized spacial score (nSPS) is 18.0. The number of para-hydroxylation sites is 1. The lowest BCUT2D eigenvalue weighted by Gasteiger charge is -2.35. The van der Waals surface area contributed by atoms with Crippen molar-refractivity contribution < 1.29 is 41.8 Å². The first-order valence-electron chi connectivity index (χ1n) is 14.4. The topological polar surface area (TPSA) is 116 Å². The molecule has 0 spiro atoms. The SMILES string of the molecule is CCOC(=O)CCN1CCN(C(=O)C[C@H]2S[C@H](c3cccc(OC)c3OC)c3cc(Cl)ccc3-n3c2nnc3C(F)(F)F)CC1=O. The van der Waals surface area contributed by atoms with Crippen molar-refractivity contribution in [3.8, 4) is 17.2 Å². The molecule has 0 unspecified atom stereocenters. The van der Waals surface area contributed by atoms with Gasteiger partial charge in [0.2, 0.25) is 17.6 Å². The van der Waals surface area contributed by atoms with Crippen molar-refractivity contribution in [1.29, 1.82) is 0 Å². The van der Waals surface area contributed by atoms with E-state index in [4.69, 9.17) is 25.8 Å². The Morgan fingerprint density at radius 3 is 2.54 bits per heavy atom. The van der Waals surface area contributed by atoms with E-state index in [1.807, 2.05) is 0 Å². The van der Waals surface area contributed by atoms with Crippen LogP contribution in [0.4, 0.5) is 13.2 Å². The van der Waals surface area contributed by atoms with Crippen LogP contribution >= 0.6 is 23.4 Å². The van der Waals surface area contributed by atoms with Gasteiger partial charge in [-0.15, -0.1) is 22.0 Å². The highest BCUT2D eigenvalue weighted by atomic mass is 35.5. The number of rotatable bonds is 9. The highest BCUT2D eigenvalue weighted by Crippen LogP contribution is 2.54. The summed E-state index contributed by atoms with van der Waals surface area (Å²) in [6.45, 7) is 2.23. The number of carbonyl (C=O) groups is 3. The molecule has 11 nitrogen and oxygen atoms in total. The number of benzene rings is 2. The zero-order valence-electron chi connectivity index (χ0n) is 25.2. The second kappa shape index (κ2) is 13.8. The molecule has 3 aromatic rings. The third-order valence-electron chi connectivity index (χ3n) is 7.68. The lowest BCUT2D eigenvalue weighted by atomic mass is 10.0. The predicted molar refractivity (Wildman–Crippen MR) is 162 cm³/mol. The lowest BCUT2D eigenvalue weighted by molar-refractivity contribution is -0.148. The number of ether oxygens (including phenoxy) is 3. The van der Waals surface area contributed by atoms with Crippen LogP contribution in [0.5, 0.6) is 11.5 Å². The first-order chi connectivity index (χ1) is 22.0. The number of nitrogens with zero attached hydrogens (tertiary/aromatic N) is 5. The van der Waals surface area contributed by atoms with Crippen LogP contribution in [-0.2, 0) is 25.3 Å². The minimum Gasteiger partial charge on any atom is -0.493 e. The van der Waals surface area contributed by atoms with Crippen LogP contribution < -0.4 is 9.47 Å². The Bertz CT molecular complexity index is 1640. The fourth-order valence-electron chi connectivity index (χ4n) is 5.57. The van der Waals surface area contributed by atoms with Crippen LogP contribution in [0.25, 0.3) is 5.69 Å². The quantitative estimate of drug-likeness (QED) is 0.293. The first-order valence-corrected chi connectivity index (χ1v) is 15.7. The highest BCUT2D eigenvalue weighted by molar-refractivity contribution is 8.00. The molecule has 1 saturated heterocycles. The van der Waals surface area contributed by atoms with Crippen molar-refractivity contribution in [2.24, 2.45) is 0 Å². The number of fused-ring (bicyclic) bond motifs is 3. The molecule has 2 atom stereocenters. The van der Waals surface area contributed by atoms with Gasteiger partial charge in [-0.1, -0.05) is 23.7 Å². The molecule has 2 aromatic carbocycles. The lowest BCUT2D eigenvalue weighted by Crippen LogP contribution is -2.52. The van der Waals surface area contributed by atoms with E-state index < -0.39 is 34.4 Å².